The fourth-order valence-electron chi connectivity index (χ4n) is 3.83. The van der Waals surface area contributed by atoms with E-state index in [2.05, 4.69) is 31.2 Å². The van der Waals surface area contributed by atoms with E-state index < -0.39 is 5.60 Å². The van der Waals surface area contributed by atoms with Crippen molar-refractivity contribution in [2.45, 2.75) is 57.5 Å². The highest BCUT2D eigenvalue weighted by Gasteiger charge is 2.37. The molecular formula is C23H30N2O. The van der Waals surface area contributed by atoms with Crippen molar-refractivity contribution in [2.24, 2.45) is 11.0 Å². The van der Waals surface area contributed by atoms with Gasteiger partial charge in [-0.3, -0.25) is 0 Å². The number of anilines is 2. The molecule has 0 saturated heterocycles. The largest absolute Gasteiger partial charge is 0.390 e. The third kappa shape index (κ3) is 4.73. The van der Waals surface area contributed by atoms with Crippen LogP contribution in [0.15, 0.2) is 65.8 Å². The van der Waals surface area contributed by atoms with Gasteiger partial charge in [0, 0.05) is 6.21 Å². The van der Waals surface area contributed by atoms with Crippen molar-refractivity contribution in [1.29, 1.82) is 0 Å². The summed E-state index contributed by atoms with van der Waals surface area (Å²) in [6, 6.07) is 20.4. The van der Waals surface area contributed by atoms with Crippen LogP contribution in [-0.4, -0.2) is 16.9 Å². The van der Waals surface area contributed by atoms with E-state index in [1.165, 1.54) is 12.8 Å². The summed E-state index contributed by atoms with van der Waals surface area (Å²) in [6.07, 6.45) is 9.28. The molecule has 3 heteroatoms. The topological polar surface area (TPSA) is 35.8 Å². The maximum absolute atomic E-state index is 10.7. The second-order valence-corrected chi connectivity index (χ2v) is 7.42. The lowest BCUT2D eigenvalue weighted by Gasteiger charge is -2.27. The average Bonchev–Trinajstić information content (AvgIpc) is 3.01. The molecule has 1 saturated carbocycles. The minimum atomic E-state index is -0.419. The molecule has 0 amide bonds. The highest BCUT2D eigenvalue weighted by molar-refractivity contribution is 5.67. The van der Waals surface area contributed by atoms with Gasteiger partial charge in [-0.2, -0.15) is 5.10 Å². The molecule has 2 aromatic rings. The first-order chi connectivity index (χ1) is 12.7. The fraction of sp³-hybridized carbons (Fsp3) is 0.435. The van der Waals surface area contributed by atoms with E-state index in [4.69, 9.17) is 5.10 Å². The van der Waals surface area contributed by atoms with Gasteiger partial charge in [-0.25, -0.2) is 5.01 Å². The standard InChI is InChI=1S/C23H30N2O/c1-20-12-11-18-23(20,26)17-9-4-10-19-24-25(21-13-5-2-6-14-21)22-15-7-3-8-16-22/h2-3,5-8,13-16,19-20,26H,4,9-12,17-18H2,1H3/b24-19+. The van der Waals surface area contributed by atoms with Crippen LogP contribution in [0.1, 0.15) is 51.9 Å². The summed E-state index contributed by atoms with van der Waals surface area (Å²) in [5, 5.41) is 17.4. The second-order valence-electron chi connectivity index (χ2n) is 7.42. The van der Waals surface area contributed by atoms with Crippen LogP contribution in [0.25, 0.3) is 0 Å². The van der Waals surface area contributed by atoms with E-state index in [-0.39, 0.29) is 0 Å². The van der Waals surface area contributed by atoms with Crippen LogP contribution in [-0.2, 0) is 0 Å². The van der Waals surface area contributed by atoms with Gasteiger partial charge in [0.1, 0.15) is 0 Å². The number of nitrogens with zero attached hydrogens (tertiary/aromatic N) is 2. The summed E-state index contributed by atoms with van der Waals surface area (Å²) in [5.41, 5.74) is 1.70. The van der Waals surface area contributed by atoms with Crippen LogP contribution in [0.5, 0.6) is 0 Å². The predicted molar refractivity (Wildman–Crippen MR) is 110 cm³/mol. The Bertz CT molecular complexity index is 646. The number of hydrazone groups is 1. The zero-order valence-electron chi connectivity index (χ0n) is 15.7. The fourth-order valence-corrected chi connectivity index (χ4v) is 3.83. The molecule has 0 radical (unpaired) electrons. The molecule has 1 fully saturated rings. The van der Waals surface area contributed by atoms with Gasteiger partial charge in [0.05, 0.1) is 17.0 Å². The molecule has 1 aliphatic rings. The highest BCUT2D eigenvalue weighted by Crippen LogP contribution is 2.38. The Morgan fingerprint density at radius 2 is 1.65 bits per heavy atom. The van der Waals surface area contributed by atoms with E-state index in [0.717, 1.165) is 43.5 Å². The quantitative estimate of drug-likeness (QED) is 0.364. The third-order valence-corrected chi connectivity index (χ3v) is 5.56. The first kappa shape index (κ1) is 18.7. The van der Waals surface area contributed by atoms with Crippen molar-refractivity contribution in [3.05, 3.63) is 60.7 Å². The molecule has 2 aromatic carbocycles. The first-order valence-electron chi connectivity index (χ1n) is 9.84. The molecule has 1 N–H and O–H groups in total. The van der Waals surface area contributed by atoms with Crippen LogP contribution >= 0.6 is 0 Å². The van der Waals surface area contributed by atoms with Crippen molar-refractivity contribution in [1.82, 2.24) is 0 Å². The van der Waals surface area contributed by atoms with Gasteiger partial charge in [0.15, 0.2) is 0 Å². The molecule has 3 rings (SSSR count). The van der Waals surface area contributed by atoms with Gasteiger partial charge in [0.25, 0.3) is 0 Å². The average molecular weight is 351 g/mol. The summed E-state index contributed by atoms with van der Waals surface area (Å²) in [5.74, 6) is 0.447. The van der Waals surface area contributed by atoms with Crippen LogP contribution in [0.2, 0.25) is 0 Å². The van der Waals surface area contributed by atoms with E-state index in [9.17, 15) is 5.11 Å². The van der Waals surface area contributed by atoms with Gasteiger partial charge in [-0.05, 0) is 62.3 Å². The Morgan fingerprint density at radius 3 is 2.19 bits per heavy atom. The molecule has 2 atom stereocenters. The van der Waals surface area contributed by atoms with Crippen LogP contribution in [0, 0.1) is 5.92 Å². The van der Waals surface area contributed by atoms with Gasteiger partial charge in [-0.1, -0.05) is 56.2 Å². The second kappa shape index (κ2) is 9.00. The van der Waals surface area contributed by atoms with Crippen molar-refractivity contribution >= 4 is 17.6 Å². The van der Waals surface area contributed by atoms with Crippen LogP contribution in [0.4, 0.5) is 11.4 Å². The molecule has 0 heterocycles. The predicted octanol–water partition coefficient (Wildman–Crippen LogP) is 5.92. The lowest BCUT2D eigenvalue weighted by Crippen LogP contribution is -2.31. The van der Waals surface area contributed by atoms with E-state index in [0.29, 0.717) is 5.92 Å². The smallest absolute Gasteiger partial charge is 0.0673 e. The molecular weight excluding hydrogens is 320 g/mol. The molecule has 2 unspecified atom stereocenters. The number of rotatable bonds is 8. The van der Waals surface area contributed by atoms with Crippen molar-refractivity contribution in [3.8, 4) is 0 Å². The molecule has 0 aromatic heterocycles. The summed E-state index contributed by atoms with van der Waals surface area (Å²) in [7, 11) is 0. The van der Waals surface area contributed by atoms with Crippen molar-refractivity contribution in [3.63, 3.8) is 0 Å². The minimum absolute atomic E-state index is 0.419. The normalized spacial score (nSPS) is 22.8. The number of hydrogen-bond acceptors (Lipinski definition) is 3. The summed E-state index contributed by atoms with van der Waals surface area (Å²) < 4.78 is 0. The van der Waals surface area contributed by atoms with Gasteiger partial charge >= 0.3 is 0 Å². The van der Waals surface area contributed by atoms with Gasteiger partial charge in [0.2, 0.25) is 0 Å². The van der Waals surface area contributed by atoms with Crippen molar-refractivity contribution in [2.75, 3.05) is 5.01 Å². The van der Waals surface area contributed by atoms with Gasteiger partial charge in [-0.15, -0.1) is 0 Å². The Labute approximate surface area is 157 Å². The summed E-state index contributed by atoms with van der Waals surface area (Å²) in [6.45, 7) is 2.19. The molecule has 0 bridgehead atoms. The molecule has 1 aliphatic carbocycles. The molecule has 26 heavy (non-hydrogen) atoms. The molecule has 138 valence electrons. The lowest BCUT2D eigenvalue weighted by atomic mass is 9.87. The third-order valence-electron chi connectivity index (χ3n) is 5.56. The first-order valence-corrected chi connectivity index (χ1v) is 9.84. The lowest BCUT2D eigenvalue weighted by molar-refractivity contribution is -0.00101. The van der Waals surface area contributed by atoms with E-state index in [1.54, 1.807) is 0 Å². The molecule has 3 nitrogen and oxygen atoms in total. The maximum Gasteiger partial charge on any atom is 0.0673 e. The number of para-hydroxylation sites is 2. The van der Waals surface area contributed by atoms with E-state index >= 15 is 0 Å². The Morgan fingerprint density at radius 1 is 1.04 bits per heavy atom. The maximum atomic E-state index is 10.7. The summed E-state index contributed by atoms with van der Waals surface area (Å²) in [4.78, 5) is 0. The number of aliphatic hydroxyl groups is 1. The van der Waals surface area contributed by atoms with E-state index in [1.807, 2.05) is 47.6 Å². The van der Waals surface area contributed by atoms with Gasteiger partial charge < -0.3 is 5.11 Å². The monoisotopic (exact) mass is 350 g/mol. The molecule has 0 spiro atoms. The SMILES string of the molecule is CC1CCCC1(O)CCCC/C=N/N(c1ccccc1)c1ccccc1. The van der Waals surface area contributed by atoms with Crippen molar-refractivity contribution < 1.29 is 5.11 Å². The minimum Gasteiger partial charge on any atom is -0.390 e. The zero-order valence-corrected chi connectivity index (χ0v) is 15.7. The highest BCUT2D eigenvalue weighted by atomic mass is 16.3. The number of unbranched alkanes of at least 4 members (excludes halogenated alkanes) is 2. The Hall–Kier alpha value is -2.13. The van der Waals surface area contributed by atoms with Crippen LogP contribution in [0.3, 0.4) is 0 Å². The Kier molecular flexibility index (Phi) is 6.45. The Balaban J connectivity index is 1.54. The number of hydrogen-bond donors (Lipinski definition) is 1. The van der Waals surface area contributed by atoms with Crippen LogP contribution < -0.4 is 5.01 Å². The summed E-state index contributed by atoms with van der Waals surface area (Å²) >= 11 is 0. The zero-order chi connectivity index (χ0) is 18.2. The number of benzene rings is 2. The molecule has 0 aliphatic heterocycles.